The van der Waals surface area contributed by atoms with Gasteiger partial charge in [-0.3, -0.25) is 29.1 Å². The summed E-state index contributed by atoms with van der Waals surface area (Å²) < 4.78 is 60.3. The molecule has 0 aliphatic carbocycles. The Hall–Kier alpha value is -3.83. The number of pyridine rings is 1. The van der Waals surface area contributed by atoms with Gasteiger partial charge in [-0.2, -0.15) is 13.2 Å². The van der Waals surface area contributed by atoms with Crippen LogP contribution in [0.4, 0.5) is 18.9 Å². The van der Waals surface area contributed by atoms with Crippen molar-refractivity contribution >= 4 is 45.1 Å². The van der Waals surface area contributed by atoms with Crippen molar-refractivity contribution in [2.75, 3.05) is 11.3 Å². The Morgan fingerprint density at radius 2 is 1.78 bits per heavy atom. The average molecular weight is 571 g/mol. The van der Waals surface area contributed by atoms with Crippen LogP contribution in [0.15, 0.2) is 46.1 Å². The first kappa shape index (κ1) is 31.2. The molecule has 0 radical (unpaired) electrons. The predicted octanol–water partition coefficient (Wildman–Crippen LogP) is 1.08. The van der Waals surface area contributed by atoms with Gasteiger partial charge in [-0.1, -0.05) is 23.7 Å². The molecule has 0 fully saturated rings. The van der Waals surface area contributed by atoms with Gasteiger partial charge in [0.25, 0.3) is 15.6 Å². The van der Waals surface area contributed by atoms with Crippen LogP contribution in [0.5, 0.6) is 0 Å². The summed E-state index contributed by atoms with van der Waals surface area (Å²) in [5, 5.41) is 14.1. The maximum absolute atomic E-state index is 13.0. The maximum Gasteiger partial charge on any atom is 0.490 e. The zero-order valence-electron chi connectivity index (χ0n) is 18.9. The molecule has 13 nitrogen and oxygen atoms in total. The van der Waals surface area contributed by atoms with Crippen LogP contribution < -0.4 is 27.2 Å². The van der Waals surface area contributed by atoms with Crippen LogP contribution in [0.3, 0.4) is 0 Å². The molecular formula is C19H22ClF3N6O7S. The van der Waals surface area contributed by atoms with Crippen LogP contribution >= 0.6 is 11.6 Å². The Kier molecular flexibility index (Phi) is 10.9. The molecule has 0 spiro atoms. The van der Waals surface area contributed by atoms with E-state index in [2.05, 4.69) is 10.2 Å². The minimum atomic E-state index is -5.08. The highest BCUT2D eigenvalue weighted by Gasteiger charge is 2.38. The monoisotopic (exact) mass is 570 g/mol. The van der Waals surface area contributed by atoms with Crippen molar-refractivity contribution < 1.29 is 41.1 Å². The van der Waals surface area contributed by atoms with E-state index in [1.807, 2.05) is 0 Å². The molecule has 18 heteroatoms. The third-order valence-corrected chi connectivity index (χ3v) is 6.11. The highest BCUT2D eigenvalue weighted by Crippen LogP contribution is 2.23. The smallest absolute Gasteiger partial charge is 0.475 e. The molecule has 1 atom stereocenters. The second-order valence-corrected chi connectivity index (χ2v) is 9.03. The Bertz CT molecular complexity index is 1320. The van der Waals surface area contributed by atoms with Crippen LogP contribution in [-0.2, 0) is 24.4 Å². The minimum absolute atomic E-state index is 0.0115. The number of anilines is 1. The number of carboxylic acids is 1. The molecule has 2 aromatic rings. The predicted molar refractivity (Wildman–Crippen MR) is 125 cm³/mol. The van der Waals surface area contributed by atoms with Crippen molar-refractivity contribution in [3.63, 3.8) is 0 Å². The number of halogens is 4. The van der Waals surface area contributed by atoms with Gasteiger partial charge in [-0.25, -0.2) is 18.7 Å². The number of carbonyl (C=O) groups is 2. The Morgan fingerprint density at radius 1 is 1.22 bits per heavy atom. The SMILES string of the molecule is Cc1ccc(NS(=O)(=O)c2ccccc2Cl)c(=O)n1C(CCONC(=N)N)C(N)=O.O=C(O)C(F)(F)F. The summed E-state index contributed by atoms with van der Waals surface area (Å²) >= 11 is 5.95. The molecule has 0 aliphatic rings. The number of benzene rings is 1. The molecule has 0 saturated heterocycles. The van der Waals surface area contributed by atoms with E-state index in [-0.39, 0.29) is 28.6 Å². The summed E-state index contributed by atoms with van der Waals surface area (Å²) in [4.78, 5) is 38.5. The van der Waals surface area contributed by atoms with Crippen LogP contribution in [0.2, 0.25) is 5.02 Å². The van der Waals surface area contributed by atoms with Crippen LogP contribution in [0, 0.1) is 12.3 Å². The zero-order chi connectivity index (χ0) is 28.6. The lowest BCUT2D eigenvalue weighted by Crippen LogP contribution is -2.38. The second-order valence-electron chi connectivity index (χ2n) is 6.97. The van der Waals surface area contributed by atoms with Crippen LogP contribution in [-0.4, -0.2) is 48.7 Å². The summed E-state index contributed by atoms with van der Waals surface area (Å²) in [5.41, 5.74) is 12.0. The molecule has 1 amide bonds. The molecule has 0 bridgehead atoms. The van der Waals surface area contributed by atoms with Gasteiger partial charge in [0.15, 0.2) is 0 Å². The molecular weight excluding hydrogens is 549 g/mol. The molecule has 1 heterocycles. The van der Waals surface area contributed by atoms with Gasteiger partial charge in [0.1, 0.15) is 16.6 Å². The first-order valence-corrected chi connectivity index (χ1v) is 11.7. The highest BCUT2D eigenvalue weighted by molar-refractivity contribution is 7.92. The van der Waals surface area contributed by atoms with Crippen molar-refractivity contribution in [2.24, 2.45) is 11.5 Å². The number of carboxylic acid groups (broad SMARTS) is 1. The molecule has 1 aromatic carbocycles. The Labute approximate surface area is 212 Å². The Balaban J connectivity index is 0.000000856. The lowest BCUT2D eigenvalue weighted by molar-refractivity contribution is -0.192. The van der Waals surface area contributed by atoms with Crippen molar-refractivity contribution in [1.82, 2.24) is 10.0 Å². The molecule has 8 N–H and O–H groups in total. The number of aliphatic carboxylic acids is 1. The third-order valence-electron chi connectivity index (χ3n) is 4.25. The lowest BCUT2D eigenvalue weighted by atomic mass is 10.1. The number of rotatable bonds is 9. The van der Waals surface area contributed by atoms with Crippen molar-refractivity contribution in [1.29, 1.82) is 5.41 Å². The standard InChI is InChI=1S/C17H21ClN6O5S.C2HF3O2/c1-10-6-7-12(23-30(27,28)14-5-3-2-4-11(14)18)16(26)24(10)13(15(19)25)8-9-29-22-17(20)21;3-2(4,5)1(6)7/h2-7,13,23H,8-9H2,1H3,(H2,19,25)(H4,20,21,22);(H,6,7). The fourth-order valence-corrected chi connectivity index (χ4v) is 4.25. The lowest BCUT2D eigenvalue weighted by Gasteiger charge is -2.20. The number of hydrogen-bond acceptors (Lipinski definition) is 7. The van der Waals surface area contributed by atoms with Crippen LogP contribution in [0.1, 0.15) is 18.2 Å². The summed E-state index contributed by atoms with van der Waals surface area (Å²) in [6.45, 7) is 1.47. The van der Waals surface area contributed by atoms with E-state index in [0.717, 1.165) is 4.57 Å². The fraction of sp³-hybridized carbons (Fsp3) is 0.263. The number of carbonyl (C=O) groups excluding carboxylic acids is 1. The number of nitrogens with zero attached hydrogens (tertiary/aromatic N) is 1. The van der Waals surface area contributed by atoms with Gasteiger partial charge < -0.3 is 16.6 Å². The van der Waals surface area contributed by atoms with Crippen LogP contribution in [0.25, 0.3) is 0 Å². The van der Waals surface area contributed by atoms with Gasteiger partial charge in [0.05, 0.1) is 11.6 Å². The average Bonchev–Trinajstić information content (AvgIpc) is 2.76. The number of guanidine groups is 1. The molecule has 0 aliphatic heterocycles. The second kappa shape index (κ2) is 12.9. The number of amides is 1. The number of nitrogens with two attached hydrogens (primary N) is 2. The number of nitrogens with one attached hydrogen (secondary N) is 3. The third kappa shape index (κ3) is 9.28. The number of sulfonamides is 1. The van der Waals surface area contributed by atoms with Gasteiger partial charge in [-0.15, -0.1) is 0 Å². The van der Waals surface area contributed by atoms with Gasteiger partial charge in [0, 0.05) is 12.1 Å². The summed E-state index contributed by atoms with van der Waals surface area (Å²) in [6, 6.07) is 7.39. The minimum Gasteiger partial charge on any atom is -0.475 e. The highest BCUT2D eigenvalue weighted by atomic mass is 35.5. The van der Waals surface area contributed by atoms with E-state index in [4.69, 9.17) is 43.2 Å². The maximum atomic E-state index is 13.0. The molecule has 1 aromatic heterocycles. The van der Waals surface area contributed by atoms with Gasteiger partial charge >= 0.3 is 12.1 Å². The number of aryl methyl sites for hydroxylation is 1. The first-order valence-electron chi connectivity index (χ1n) is 9.79. The summed E-state index contributed by atoms with van der Waals surface area (Å²) in [7, 11) is -4.16. The van der Waals surface area contributed by atoms with E-state index in [1.54, 1.807) is 13.0 Å². The molecule has 204 valence electrons. The Morgan fingerprint density at radius 3 is 2.27 bits per heavy atom. The number of hydroxylamine groups is 1. The summed E-state index contributed by atoms with van der Waals surface area (Å²) in [5.74, 6) is -4.01. The normalized spacial score (nSPS) is 12.0. The van der Waals surface area contributed by atoms with Crippen molar-refractivity contribution in [3.8, 4) is 0 Å². The quantitative estimate of drug-likeness (QED) is 0.110. The van der Waals surface area contributed by atoms with Crippen molar-refractivity contribution in [3.05, 3.63) is 57.5 Å². The number of hydrogen-bond donors (Lipinski definition) is 6. The van der Waals surface area contributed by atoms with E-state index < -0.39 is 45.6 Å². The van der Waals surface area contributed by atoms with Gasteiger partial charge in [-0.05, 0) is 31.2 Å². The van der Waals surface area contributed by atoms with E-state index in [0.29, 0.717) is 5.69 Å². The topological polar surface area (TPSA) is 220 Å². The number of aromatic nitrogens is 1. The summed E-state index contributed by atoms with van der Waals surface area (Å²) in [6.07, 6.45) is -5.11. The van der Waals surface area contributed by atoms with Gasteiger partial charge in [0.2, 0.25) is 11.9 Å². The number of alkyl halides is 3. The number of primary amides is 1. The molecule has 0 saturated carbocycles. The fourth-order valence-electron chi connectivity index (χ4n) is 2.67. The molecule has 1 unspecified atom stereocenters. The molecule has 2 rings (SSSR count). The largest absolute Gasteiger partial charge is 0.490 e. The van der Waals surface area contributed by atoms with E-state index >= 15 is 0 Å². The van der Waals surface area contributed by atoms with E-state index in [1.165, 1.54) is 30.3 Å². The van der Waals surface area contributed by atoms with E-state index in [9.17, 15) is 31.2 Å². The molecule has 37 heavy (non-hydrogen) atoms. The first-order chi connectivity index (χ1) is 17.0. The zero-order valence-corrected chi connectivity index (χ0v) is 20.4. The van der Waals surface area contributed by atoms with Crippen molar-refractivity contribution in [2.45, 2.75) is 30.5 Å².